The second kappa shape index (κ2) is 7.37. The molecule has 0 radical (unpaired) electrons. The van der Waals surface area contributed by atoms with Crippen molar-refractivity contribution in [3.05, 3.63) is 42.0 Å². The van der Waals surface area contributed by atoms with E-state index in [1.165, 1.54) is 12.8 Å². The molecule has 3 heterocycles. The number of carbonyl (C=O) groups is 1. The lowest BCUT2D eigenvalue weighted by atomic mass is 10.2. The number of aromatic nitrogens is 3. The number of rotatable bonds is 5. The van der Waals surface area contributed by atoms with Crippen molar-refractivity contribution in [3.63, 3.8) is 0 Å². The van der Waals surface area contributed by atoms with Crippen molar-refractivity contribution in [3.8, 4) is 0 Å². The molecule has 0 atom stereocenters. The topological polar surface area (TPSA) is 85.4 Å². The van der Waals surface area contributed by atoms with Crippen LogP contribution in [0.1, 0.15) is 30.1 Å². The number of nitrogens with zero attached hydrogens (tertiary/aromatic N) is 4. The van der Waals surface area contributed by atoms with E-state index in [1.807, 2.05) is 29.8 Å². The fourth-order valence-corrected chi connectivity index (χ4v) is 3.89. The fraction of sp³-hybridized carbons (Fsp3) is 0.318. The average Bonchev–Trinajstić information content (AvgIpc) is 3.47. The van der Waals surface area contributed by atoms with E-state index in [0.29, 0.717) is 29.7 Å². The van der Waals surface area contributed by atoms with Gasteiger partial charge in [0.15, 0.2) is 5.58 Å². The monoisotopic (exact) mass is 405 g/mol. The molecule has 2 aromatic heterocycles. The van der Waals surface area contributed by atoms with Crippen molar-refractivity contribution in [2.75, 3.05) is 29.9 Å². The van der Waals surface area contributed by atoms with E-state index in [0.717, 1.165) is 35.4 Å². The first-order valence-corrected chi connectivity index (χ1v) is 10.2. The zero-order chi connectivity index (χ0) is 20.7. The van der Waals surface area contributed by atoms with Crippen molar-refractivity contribution < 1.29 is 13.9 Å². The van der Waals surface area contributed by atoms with Crippen LogP contribution < -0.4 is 10.2 Å². The quantitative estimate of drug-likeness (QED) is 0.497. The van der Waals surface area contributed by atoms with Gasteiger partial charge in [-0.1, -0.05) is 0 Å². The minimum atomic E-state index is -0.354. The number of carbonyl (C=O) groups excluding carboxylic acids is 1. The van der Waals surface area contributed by atoms with E-state index >= 15 is 0 Å². The van der Waals surface area contributed by atoms with E-state index in [2.05, 4.69) is 26.3 Å². The molecular formula is C22H23N5O3. The first-order chi connectivity index (χ1) is 14.6. The molecule has 0 bridgehead atoms. The summed E-state index contributed by atoms with van der Waals surface area (Å²) in [6.45, 7) is 4.29. The van der Waals surface area contributed by atoms with Crippen molar-refractivity contribution in [2.24, 2.45) is 7.05 Å². The van der Waals surface area contributed by atoms with E-state index in [4.69, 9.17) is 9.15 Å². The molecule has 0 unspecified atom stereocenters. The zero-order valence-corrected chi connectivity index (χ0v) is 17.0. The summed E-state index contributed by atoms with van der Waals surface area (Å²) in [7, 11) is 1.90. The first kappa shape index (κ1) is 18.5. The highest BCUT2D eigenvalue weighted by Gasteiger charge is 2.16. The lowest BCUT2D eigenvalue weighted by Crippen LogP contribution is -2.17. The van der Waals surface area contributed by atoms with Gasteiger partial charge in [-0.3, -0.25) is 5.32 Å². The number of imidazole rings is 1. The summed E-state index contributed by atoms with van der Waals surface area (Å²) in [6.07, 6.45) is 2.46. The van der Waals surface area contributed by atoms with Gasteiger partial charge in [0.2, 0.25) is 5.95 Å². The summed E-state index contributed by atoms with van der Waals surface area (Å²) in [5, 5.41) is 3.16. The molecule has 30 heavy (non-hydrogen) atoms. The SMILES string of the molecule is CCOC(=O)c1ccc2c(c1)nc(Nc1nc3ccc(N4CCCC4)cc3o1)n2C. The standard InChI is InChI=1S/C22H23N5O3/c1-3-29-20(28)14-6-9-18-17(12-14)23-21(26(18)2)25-22-24-16-8-7-15(13-19(16)30-22)27-10-4-5-11-27/h6-9,12-13H,3-5,10-11H2,1-2H3,(H,23,24,25). The first-order valence-electron chi connectivity index (χ1n) is 10.2. The molecule has 1 fully saturated rings. The van der Waals surface area contributed by atoms with Gasteiger partial charge in [-0.15, -0.1) is 0 Å². The Hall–Kier alpha value is -3.55. The Balaban J connectivity index is 1.43. The number of nitrogens with one attached hydrogen (secondary N) is 1. The molecule has 5 rings (SSSR count). The van der Waals surface area contributed by atoms with E-state index in [9.17, 15) is 4.79 Å². The maximum Gasteiger partial charge on any atom is 0.338 e. The average molecular weight is 405 g/mol. The smallest absolute Gasteiger partial charge is 0.338 e. The lowest BCUT2D eigenvalue weighted by Gasteiger charge is -2.16. The second-order valence-electron chi connectivity index (χ2n) is 7.41. The number of hydrogen-bond donors (Lipinski definition) is 1. The summed E-state index contributed by atoms with van der Waals surface area (Å²) in [5.74, 6) is 0.227. The van der Waals surface area contributed by atoms with Crippen LogP contribution in [0.2, 0.25) is 0 Å². The van der Waals surface area contributed by atoms with Gasteiger partial charge >= 0.3 is 12.0 Å². The Morgan fingerprint density at radius 3 is 2.77 bits per heavy atom. The molecule has 2 aromatic carbocycles. The van der Waals surface area contributed by atoms with E-state index in [1.54, 1.807) is 19.1 Å². The third kappa shape index (κ3) is 3.24. The number of esters is 1. The summed E-state index contributed by atoms with van der Waals surface area (Å²) < 4.78 is 12.9. The summed E-state index contributed by atoms with van der Waals surface area (Å²) >= 11 is 0. The normalized spacial score (nSPS) is 14.0. The summed E-state index contributed by atoms with van der Waals surface area (Å²) in [4.78, 5) is 23.5. The van der Waals surface area contributed by atoms with Crippen molar-refractivity contribution in [2.45, 2.75) is 19.8 Å². The Morgan fingerprint density at radius 2 is 1.97 bits per heavy atom. The molecule has 4 aromatic rings. The zero-order valence-electron chi connectivity index (χ0n) is 17.0. The maximum absolute atomic E-state index is 12.0. The minimum Gasteiger partial charge on any atom is -0.462 e. The highest BCUT2D eigenvalue weighted by atomic mass is 16.5. The van der Waals surface area contributed by atoms with Crippen molar-refractivity contribution in [1.82, 2.24) is 14.5 Å². The predicted molar refractivity (Wildman–Crippen MR) is 115 cm³/mol. The molecule has 0 aliphatic carbocycles. The number of hydrogen-bond acceptors (Lipinski definition) is 7. The predicted octanol–water partition coefficient (Wildman–Crippen LogP) is 4.24. The van der Waals surface area contributed by atoms with Crippen LogP contribution in [0.4, 0.5) is 17.7 Å². The molecule has 1 N–H and O–H groups in total. The summed E-state index contributed by atoms with van der Waals surface area (Å²) in [6, 6.07) is 11.8. The Bertz CT molecular complexity index is 1240. The molecular weight excluding hydrogens is 382 g/mol. The fourth-order valence-electron chi connectivity index (χ4n) is 3.89. The van der Waals surface area contributed by atoms with Gasteiger partial charge in [-0.2, -0.15) is 4.98 Å². The van der Waals surface area contributed by atoms with Crippen LogP contribution in [-0.2, 0) is 11.8 Å². The molecule has 0 amide bonds. The van der Waals surface area contributed by atoms with Gasteiger partial charge < -0.3 is 18.6 Å². The maximum atomic E-state index is 12.0. The number of ether oxygens (including phenoxy) is 1. The van der Waals surface area contributed by atoms with Crippen molar-refractivity contribution in [1.29, 1.82) is 0 Å². The van der Waals surface area contributed by atoms with Crippen LogP contribution in [0, 0.1) is 0 Å². The molecule has 0 spiro atoms. The molecule has 8 nitrogen and oxygen atoms in total. The third-order valence-electron chi connectivity index (χ3n) is 5.45. The van der Waals surface area contributed by atoms with Gasteiger partial charge in [0, 0.05) is 31.9 Å². The van der Waals surface area contributed by atoms with Crippen LogP contribution in [0.15, 0.2) is 40.8 Å². The van der Waals surface area contributed by atoms with E-state index < -0.39 is 0 Å². The van der Waals surface area contributed by atoms with Gasteiger partial charge in [0.05, 0.1) is 23.2 Å². The number of aryl methyl sites for hydroxylation is 1. The molecule has 1 aliphatic heterocycles. The second-order valence-corrected chi connectivity index (χ2v) is 7.41. The molecule has 0 saturated carbocycles. The molecule has 1 aliphatic rings. The Labute approximate surface area is 173 Å². The van der Waals surface area contributed by atoms with Crippen LogP contribution in [0.3, 0.4) is 0 Å². The number of benzene rings is 2. The highest BCUT2D eigenvalue weighted by molar-refractivity contribution is 5.94. The van der Waals surface area contributed by atoms with Gasteiger partial charge in [0.1, 0.15) is 5.52 Å². The van der Waals surface area contributed by atoms with Crippen LogP contribution in [-0.4, -0.2) is 40.2 Å². The number of fused-ring (bicyclic) bond motifs is 2. The highest BCUT2D eigenvalue weighted by Crippen LogP contribution is 2.29. The van der Waals surface area contributed by atoms with E-state index in [-0.39, 0.29) is 5.97 Å². The molecule has 1 saturated heterocycles. The molecule has 154 valence electrons. The Morgan fingerprint density at radius 1 is 1.13 bits per heavy atom. The lowest BCUT2D eigenvalue weighted by molar-refractivity contribution is 0.0526. The molecule has 8 heteroatoms. The summed E-state index contributed by atoms with van der Waals surface area (Å²) in [5.41, 5.74) is 4.76. The largest absolute Gasteiger partial charge is 0.462 e. The van der Waals surface area contributed by atoms with Gasteiger partial charge in [0.25, 0.3) is 0 Å². The van der Waals surface area contributed by atoms with Crippen molar-refractivity contribution >= 4 is 45.8 Å². The third-order valence-corrected chi connectivity index (χ3v) is 5.45. The number of oxazole rings is 1. The van der Waals surface area contributed by atoms with Crippen LogP contribution in [0.5, 0.6) is 0 Å². The van der Waals surface area contributed by atoms with Gasteiger partial charge in [-0.05, 0) is 50.1 Å². The Kier molecular flexibility index (Phi) is 4.54. The van der Waals surface area contributed by atoms with Gasteiger partial charge in [-0.25, -0.2) is 9.78 Å². The number of anilines is 3. The van der Waals surface area contributed by atoms with Crippen LogP contribution >= 0.6 is 0 Å². The van der Waals surface area contributed by atoms with Crippen LogP contribution in [0.25, 0.3) is 22.1 Å². The minimum absolute atomic E-state index is 0.336.